The maximum atomic E-state index is 13.0. The van der Waals surface area contributed by atoms with Gasteiger partial charge >= 0.3 is 12.1 Å². The summed E-state index contributed by atoms with van der Waals surface area (Å²) < 4.78 is 47.1. The molecule has 5 rings (SSSR count). The molecular formula is C26H18ClF3N4O4S. The molecule has 0 amide bonds. The highest BCUT2D eigenvalue weighted by atomic mass is 35.5. The number of alkyl halides is 3. The van der Waals surface area contributed by atoms with E-state index in [0.29, 0.717) is 44.0 Å². The summed E-state index contributed by atoms with van der Waals surface area (Å²) in [5.74, 6) is -0.439. The van der Waals surface area contributed by atoms with Crippen LogP contribution in [0.5, 0.6) is 5.75 Å². The van der Waals surface area contributed by atoms with Crippen molar-refractivity contribution in [2.24, 2.45) is 0 Å². The lowest BCUT2D eigenvalue weighted by Crippen LogP contribution is -2.27. The van der Waals surface area contributed by atoms with Crippen LogP contribution in [0.25, 0.3) is 32.4 Å². The maximum Gasteiger partial charge on any atom is 0.417 e. The Kier molecular flexibility index (Phi) is 6.77. The van der Waals surface area contributed by atoms with Gasteiger partial charge in [0.2, 0.25) is 0 Å². The van der Waals surface area contributed by atoms with E-state index in [9.17, 15) is 27.9 Å². The van der Waals surface area contributed by atoms with Gasteiger partial charge in [-0.25, -0.2) is 14.8 Å². The Morgan fingerprint density at radius 3 is 2.62 bits per heavy atom. The van der Waals surface area contributed by atoms with Gasteiger partial charge in [0.15, 0.2) is 5.52 Å². The molecule has 0 radical (unpaired) electrons. The van der Waals surface area contributed by atoms with Crippen LogP contribution in [0.1, 0.15) is 27.4 Å². The lowest BCUT2D eigenvalue weighted by molar-refractivity contribution is -0.137. The van der Waals surface area contributed by atoms with E-state index in [4.69, 9.17) is 16.3 Å². The number of rotatable bonds is 6. The number of hydrogen-bond acceptors (Lipinski definition) is 7. The number of nitrogens with zero attached hydrogens (tertiary/aromatic N) is 4. The quantitative estimate of drug-likeness (QED) is 0.260. The second kappa shape index (κ2) is 9.93. The zero-order valence-corrected chi connectivity index (χ0v) is 21.9. The molecule has 0 saturated heterocycles. The second-order valence-electron chi connectivity index (χ2n) is 8.64. The highest BCUT2D eigenvalue weighted by Crippen LogP contribution is 2.40. The molecule has 0 bridgehead atoms. The van der Waals surface area contributed by atoms with Crippen LogP contribution in [-0.4, -0.2) is 37.2 Å². The molecule has 0 fully saturated rings. The van der Waals surface area contributed by atoms with Crippen molar-refractivity contribution < 1.29 is 27.8 Å². The molecule has 0 aliphatic heterocycles. The van der Waals surface area contributed by atoms with Gasteiger partial charge in [0, 0.05) is 33.4 Å². The van der Waals surface area contributed by atoms with Crippen LogP contribution in [0.2, 0.25) is 5.02 Å². The molecule has 0 aliphatic carbocycles. The number of ether oxygens (including phenoxy) is 1. The van der Waals surface area contributed by atoms with E-state index in [1.54, 1.807) is 25.1 Å². The number of aromatic carboxylic acids is 1. The molecule has 0 atom stereocenters. The number of carboxylic acids is 1. The fourth-order valence-electron chi connectivity index (χ4n) is 4.21. The molecule has 1 aromatic carbocycles. The summed E-state index contributed by atoms with van der Waals surface area (Å²) in [6.45, 7) is 3.33. The SMILES string of the molecule is Cc1cc(-c2cc(Cl)ccc2OCCn2c(C)nc3cc(C(F)(F)F)cnc3c2=O)c2scc(C(=O)O)c2n1. The third kappa shape index (κ3) is 5.04. The fraction of sp³-hybridized carbons (Fsp3) is 0.192. The highest BCUT2D eigenvalue weighted by molar-refractivity contribution is 7.18. The molecule has 0 unspecified atom stereocenters. The smallest absolute Gasteiger partial charge is 0.417 e. The molecule has 8 nitrogen and oxygen atoms in total. The number of benzene rings is 1. The molecule has 0 spiro atoms. The number of halogens is 4. The van der Waals surface area contributed by atoms with Crippen LogP contribution in [0.15, 0.2) is 46.7 Å². The molecule has 4 aromatic heterocycles. The number of hydrogen-bond donors (Lipinski definition) is 1. The third-order valence-electron chi connectivity index (χ3n) is 6.00. The average molecular weight is 575 g/mol. The van der Waals surface area contributed by atoms with Crippen LogP contribution in [0, 0.1) is 13.8 Å². The minimum Gasteiger partial charge on any atom is -0.491 e. The predicted molar refractivity (Wildman–Crippen MR) is 141 cm³/mol. The van der Waals surface area contributed by atoms with E-state index < -0.39 is 23.3 Å². The molecule has 13 heteroatoms. The Bertz CT molecular complexity index is 1830. The van der Waals surface area contributed by atoms with Crippen molar-refractivity contribution in [3.05, 3.63) is 79.9 Å². The normalized spacial score (nSPS) is 11.8. The van der Waals surface area contributed by atoms with Crippen molar-refractivity contribution in [2.75, 3.05) is 6.61 Å². The molecular weight excluding hydrogens is 557 g/mol. The van der Waals surface area contributed by atoms with Crippen molar-refractivity contribution in [2.45, 2.75) is 26.6 Å². The molecule has 0 saturated carbocycles. The van der Waals surface area contributed by atoms with Crippen molar-refractivity contribution in [1.29, 1.82) is 0 Å². The zero-order chi connectivity index (χ0) is 28.1. The standard InChI is InChI=1S/C26H18ClF3N4O4S/c1-12-7-17(23-21(32-12)18(11-39-23)25(36)37)16-9-15(27)3-4-20(16)38-6-5-34-13(2)33-19-8-14(26(28,29)30)10-31-22(19)24(34)35/h3-4,7-11H,5-6H2,1-2H3,(H,36,37). The van der Waals surface area contributed by atoms with Gasteiger partial charge in [0.05, 0.1) is 33.4 Å². The maximum absolute atomic E-state index is 13.0. The van der Waals surface area contributed by atoms with E-state index in [0.717, 1.165) is 6.07 Å². The molecule has 5 aromatic rings. The first kappa shape index (κ1) is 26.6. The molecule has 4 heterocycles. The number of carbonyl (C=O) groups is 1. The van der Waals surface area contributed by atoms with Crippen LogP contribution in [0.3, 0.4) is 0 Å². The van der Waals surface area contributed by atoms with Crippen LogP contribution in [0.4, 0.5) is 13.2 Å². The summed E-state index contributed by atoms with van der Waals surface area (Å²) >= 11 is 7.53. The Hall–Kier alpha value is -4.03. The van der Waals surface area contributed by atoms with Crippen LogP contribution < -0.4 is 10.3 Å². The van der Waals surface area contributed by atoms with Crippen LogP contribution in [-0.2, 0) is 12.7 Å². The number of carboxylic acid groups (broad SMARTS) is 1. The summed E-state index contributed by atoms with van der Waals surface area (Å²) in [4.78, 5) is 36.9. The first-order valence-electron chi connectivity index (χ1n) is 11.4. The summed E-state index contributed by atoms with van der Waals surface area (Å²) in [6, 6.07) is 7.61. The van der Waals surface area contributed by atoms with Crippen LogP contribution >= 0.6 is 22.9 Å². The molecule has 0 aliphatic rings. The van der Waals surface area contributed by atoms with Gasteiger partial charge in [0.1, 0.15) is 18.2 Å². The summed E-state index contributed by atoms with van der Waals surface area (Å²) in [6.07, 6.45) is -3.99. The van der Waals surface area contributed by atoms with Crippen molar-refractivity contribution in [3.63, 3.8) is 0 Å². The first-order chi connectivity index (χ1) is 18.4. The Morgan fingerprint density at radius 2 is 1.90 bits per heavy atom. The van der Waals surface area contributed by atoms with Gasteiger partial charge in [-0.15, -0.1) is 11.3 Å². The topological polar surface area (TPSA) is 107 Å². The van der Waals surface area contributed by atoms with E-state index in [-0.39, 0.29) is 35.6 Å². The number of pyridine rings is 2. The largest absolute Gasteiger partial charge is 0.491 e. The molecule has 200 valence electrons. The van der Waals surface area contributed by atoms with Gasteiger partial charge in [0.25, 0.3) is 5.56 Å². The second-order valence-corrected chi connectivity index (χ2v) is 9.95. The third-order valence-corrected chi connectivity index (χ3v) is 7.24. The van der Waals surface area contributed by atoms with E-state index >= 15 is 0 Å². The number of aryl methyl sites for hydroxylation is 2. The number of thiophene rings is 1. The van der Waals surface area contributed by atoms with E-state index in [1.807, 2.05) is 6.07 Å². The molecule has 1 N–H and O–H groups in total. The Balaban J connectivity index is 1.47. The van der Waals surface area contributed by atoms with Crippen molar-refractivity contribution >= 4 is 50.2 Å². The monoisotopic (exact) mass is 574 g/mol. The lowest BCUT2D eigenvalue weighted by Gasteiger charge is -2.15. The minimum atomic E-state index is -4.60. The number of aromatic nitrogens is 4. The van der Waals surface area contributed by atoms with Crippen molar-refractivity contribution in [1.82, 2.24) is 19.5 Å². The lowest BCUT2D eigenvalue weighted by atomic mass is 10.0. The average Bonchev–Trinajstić information content (AvgIpc) is 3.29. The summed E-state index contributed by atoms with van der Waals surface area (Å²) in [5.41, 5.74) is 0.474. The van der Waals surface area contributed by atoms with Gasteiger partial charge < -0.3 is 9.84 Å². The Morgan fingerprint density at radius 1 is 1.13 bits per heavy atom. The summed E-state index contributed by atoms with van der Waals surface area (Å²) in [7, 11) is 0. The Labute approximate surface area is 227 Å². The summed E-state index contributed by atoms with van der Waals surface area (Å²) in [5, 5.41) is 11.5. The van der Waals surface area contributed by atoms with Gasteiger partial charge in [-0.05, 0) is 44.2 Å². The zero-order valence-electron chi connectivity index (χ0n) is 20.3. The van der Waals surface area contributed by atoms with E-state index in [1.165, 1.54) is 28.2 Å². The number of fused-ring (bicyclic) bond motifs is 2. The van der Waals surface area contributed by atoms with Gasteiger partial charge in [-0.1, -0.05) is 11.6 Å². The minimum absolute atomic E-state index is 0.0151. The highest BCUT2D eigenvalue weighted by Gasteiger charge is 2.31. The van der Waals surface area contributed by atoms with Gasteiger partial charge in [-0.3, -0.25) is 14.3 Å². The van der Waals surface area contributed by atoms with Crippen molar-refractivity contribution in [3.8, 4) is 16.9 Å². The van der Waals surface area contributed by atoms with E-state index in [2.05, 4.69) is 15.0 Å². The fourth-order valence-corrected chi connectivity index (χ4v) is 5.39. The molecule has 39 heavy (non-hydrogen) atoms. The van der Waals surface area contributed by atoms with Gasteiger partial charge in [-0.2, -0.15) is 13.2 Å². The predicted octanol–water partition coefficient (Wildman–Crippen LogP) is 6.13. The first-order valence-corrected chi connectivity index (χ1v) is 12.7.